The smallest absolute Gasteiger partial charge is 0.356 e. The van der Waals surface area contributed by atoms with E-state index in [1.165, 1.54) is 48.0 Å². The van der Waals surface area contributed by atoms with Crippen molar-refractivity contribution >= 4 is 35.3 Å². The van der Waals surface area contributed by atoms with Crippen LogP contribution in [0.3, 0.4) is 0 Å². The number of carbonyl (C=O) groups is 3. The fourth-order valence-electron chi connectivity index (χ4n) is 2.74. The summed E-state index contributed by atoms with van der Waals surface area (Å²) in [5.74, 6) is -1.22. The van der Waals surface area contributed by atoms with E-state index in [1.807, 2.05) is 0 Å². The van der Waals surface area contributed by atoms with Gasteiger partial charge in [-0.3, -0.25) is 24.6 Å². The fraction of sp³-hybridized carbons (Fsp3) is 0.353. The Kier molecular flexibility index (Phi) is 5.45. The van der Waals surface area contributed by atoms with Gasteiger partial charge in [-0.05, 0) is 24.1 Å². The minimum Gasteiger partial charge on any atom is -0.469 e. The number of non-ortho nitro benzene ring substituents is 1. The number of hydrogen-bond acceptors (Lipinski definition) is 8. The SMILES string of the molecule is COC(=O)CCC1=C(C(=O)OCc2ccc([N+](=O)[O-])cc2)N2C(=O)C[C@H]2S1. The molecule has 0 aromatic heterocycles. The van der Waals surface area contributed by atoms with Gasteiger partial charge in [-0.15, -0.1) is 11.8 Å². The Hall–Kier alpha value is -2.88. The average molecular weight is 392 g/mol. The number of methoxy groups -OCH3 is 1. The molecule has 1 aromatic rings. The summed E-state index contributed by atoms with van der Waals surface area (Å²) in [6.07, 6.45) is 0.734. The second-order valence-corrected chi connectivity index (χ2v) is 7.16. The van der Waals surface area contributed by atoms with Crippen LogP contribution in [0.1, 0.15) is 24.8 Å². The van der Waals surface area contributed by atoms with Crippen LogP contribution in [0.2, 0.25) is 0 Å². The summed E-state index contributed by atoms with van der Waals surface area (Å²) in [5, 5.41) is 10.5. The normalized spacial score (nSPS) is 18.0. The van der Waals surface area contributed by atoms with Gasteiger partial charge in [-0.25, -0.2) is 4.79 Å². The number of nitro benzene ring substituents is 1. The topological polar surface area (TPSA) is 116 Å². The van der Waals surface area contributed by atoms with E-state index in [0.717, 1.165) is 0 Å². The number of thioether (sulfide) groups is 1. The highest BCUT2D eigenvalue weighted by atomic mass is 32.2. The van der Waals surface area contributed by atoms with Gasteiger partial charge in [0.2, 0.25) is 5.91 Å². The average Bonchev–Trinajstić information content (AvgIpc) is 2.96. The number of nitrogens with zero attached hydrogens (tertiary/aromatic N) is 2. The fourth-order valence-corrected chi connectivity index (χ4v) is 4.14. The second-order valence-electron chi connectivity index (χ2n) is 5.89. The molecule has 1 saturated heterocycles. The lowest BCUT2D eigenvalue weighted by Gasteiger charge is -2.34. The third kappa shape index (κ3) is 3.95. The molecular formula is C17H16N2O7S. The number of hydrogen-bond donors (Lipinski definition) is 0. The number of β-lactam (4-membered cyclic amide) rings is 1. The standard InChI is InChI=1S/C17H16N2O7S/c1-25-15(21)7-6-12-16(18-13(20)8-14(18)27-12)17(22)26-9-10-2-4-11(5-3-10)19(23)24/h2-5,14H,6-9H2,1H3/t14-/m1/s1. The molecule has 9 nitrogen and oxygen atoms in total. The maximum absolute atomic E-state index is 12.5. The maximum atomic E-state index is 12.5. The summed E-state index contributed by atoms with van der Waals surface area (Å²) in [5.41, 5.74) is 0.703. The van der Waals surface area contributed by atoms with Crippen molar-refractivity contribution in [1.82, 2.24) is 4.90 Å². The Balaban J connectivity index is 1.68. The lowest BCUT2D eigenvalue weighted by molar-refractivity contribution is -0.384. The lowest BCUT2D eigenvalue weighted by atomic mass is 10.1. The quantitative estimate of drug-likeness (QED) is 0.300. The monoisotopic (exact) mass is 392 g/mol. The van der Waals surface area contributed by atoms with E-state index in [2.05, 4.69) is 4.74 Å². The Morgan fingerprint density at radius 3 is 2.63 bits per heavy atom. The highest BCUT2D eigenvalue weighted by Crippen LogP contribution is 2.48. The molecule has 27 heavy (non-hydrogen) atoms. The van der Waals surface area contributed by atoms with E-state index >= 15 is 0 Å². The molecule has 10 heteroatoms. The van der Waals surface area contributed by atoms with Crippen LogP contribution in [0, 0.1) is 10.1 Å². The molecule has 3 rings (SSSR count). The molecular weight excluding hydrogens is 376 g/mol. The number of amides is 1. The van der Waals surface area contributed by atoms with Gasteiger partial charge < -0.3 is 9.47 Å². The minimum absolute atomic E-state index is 0.0564. The number of carbonyl (C=O) groups excluding carboxylic acids is 3. The first-order chi connectivity index (χ1) is 12.9. The van der Waals surface area contributed by atoms with Crippen molar-refractivity contribution in [2.75, 3.05) is 7.11 Å². The third-order valence-corrected chi connectivity index (χ3v) is 5.52. The van der Waals surface area contributed by atoms with E-state index in [-0.39, 0.29) is 35.7 Å². The lowest BCUT2D eigenvalue weighted by Crippen LogP contribution is -2.48. The molecule has 0 N–H and O–H groups in total. The zero-order valence-electron chi connectivity index (χ0n) is 14.4. The van der Waals surface area contributed by atoms with Crippen molar-refractivity contribution in [1.29, 1.82) is 0 Å². The van der Waals surface area contributed by atoms with E-state index in [4.69, 9.17) is 4.74 Å². The highest BCUT2D eigenvalue weighted by molar-refractivity contribution is 8.04. The van der Waals surface area contributed by atoms with Crippen molar-refractivity contribution in [3.8, 4) is 0 Å². The van der Waals surface area contributed by atoms with E-state index in [9.17, 15) is 24.5 Å². The van der Waals surface area contributed by atoms with Gasteiger partial charge in [0.05, 0.1) is 30.2 Å². The second kappa shape index (κ2) is 7.78. The van der Waals surface area contributed by atoms with Crippen LogP contribution in [0.5, 0.6) is 0 Å². The molecule has 1 fully saturated rings. The van der Waals surface area contributed by atoms with E-state index in [0.29, 0.717) is 23.3 Å². The van der Waals surface area contributed by atoms with Gasteiger partial charge in [0.1, 0.15) is 12.3 Å². The molecule has 0 aliphatic carbocycles. The first-order valence-corrected chi connectivity index (χ1v) is 8.98. The number of rotatable bonds is 7. The summed E-state index contributed by atoms with van der Waals surface area (Å²) < 4.78 is 9.90. The summed E-state index contributed by atoms with van der Waals surface area (Å²) in [6.45, 7) is -0.0814. The highest BCUT2D eigenvalue weighted by Gasteiger charge is 2.48. The van der Waals surface area contributed by atoms with Crippen LogP contribution >= 0.6 is 11.8 Å². The van der Waals surface area contributed by atoms with Crippen molar-refractivity contribution in [2.45, 2.75) is 31.2 Å². The summed E-state index contributed by atoms with van der Waals surface area (Å²) >= 11 is 1.38. The van der Waals surface area contributed by atoms with Gasteiger partial charge >= 0.3 is 11.9 Å². The number of benzene rings is 1. The molecule has 1 amide bonds. The van der Waals surface area contributed by atoms with Crippen molar-refractivity contribution in [2.24, 2.45) is 0 Å². The largest absolute Gasteiger partial charge is 0.469 e. The number of fused-ring (bicyclic) bond motifs is 1. The molecule has 0 unspecified atom stereocenters. The number of ether oxygens (including phenoxy) is 2. The summed E-state index contributed by atoms with van der Waals surface area (Å²) in [4.78, 5) is 48.0. The predicted octanol–water partition coefficient (Wildman–Crippen LogP) is 2.11. The van der Waals surface area contributed by atoms with Crippen molar-refractivity contribution in [3.63, 3.8) is 0 Å². The Morgan fingerprint density at radius 1 is 1.33 bits per heavy atom. The van der Waals surface area contributed by atoms with Gasteiger partial charge in [-0.1, -0.05) is 0 Å². The Bertz CT molecular complexity index is 834. The van der Waals surface area contributed by atoms with Crippen LogP contribution in [0.4, 0.5) is 5.69 Å². The molecule has 0 spiro atoms. The summed E-state index contributed by atoms with van der Waals surface area (Å²) in [6, 6.07) is 5.65. The van der Waals surface area contributed by atoms with Gasteiger partial charge in [0, 0.05) is 17.0 Å². The Morgan fingerprint density at radius 2 is 2.04 bits per heavy atom. The zero-order valence-corrected chi connectivity index (χ0v) is 15.2. The van der Waals surface area contributed by atoms with Gasteiger partial charge in [-0.2, -0.15) is 0 Å². The number of allylic oxidation sites excluding steroid dienone is 1. The molecule has 1 aromatic carbocycles. The third-order valence-electron chi connectivity index (χ3n) is 4.18. The van der Waals surface area contributed by atoms with Crippen molar-refractivity contribution in [3.05, 3.63) is 50.5 Å². The predicted molar refractivity (Wildman–Crippen MR) is 94.0 cm³/mol. The van der Waals surface area contributed by atoms with Crippen LogP contribution in [-0.4, -0.2) is 40.2 Å². The van der Waals surface area contributed by atoms with Crippen LogP contribution in [0.15, 0.2) is 34.9 Å². The van der Waals surface area contributed by atoms with Crippen LogP contribution in [0.25, 0.3) is 0 Å². The first-order valence-electron chi connectivity index (χ1n) is 8.10. The maximum Gasteiger partial charge on any atom is 0.356 e. The number of esters is 2. The molecule has 1 atom stereocenters. The van der Waals surface area contributed by atoms with Gasteiger partial charge in [0.25, 0.3) is 5.69 Å². The van der Waals surface area contributed by atoms with Gasteiger partial charge in [0.15, 0.2) is 0 Å². The minimum atomic E-state index is -0.656. The van der Waals surface area contributed by atoms with Crippen molar-refractivity contribution < 1.29 is 28.8 Å². The summed E-state index contributed by atoms with van der Waals surface area (Å²) in [7, 11) is 1.29. The van der Waals surface area contributed by atoms with E-state index < -0.39 is 16.9 Å². The Labute approximate surface area is 158 Å². The molecule has 0 bridgehead atoms. The molecule has 2 aliphatic heterocycles. The molecule has 2 aliphatic rings. The molecule has 2 heterocycles. The molecule has 142 valence electrons. The number of nitro groups is 1. The first kappa shape index (κ1) is 18.9. The molecule has 0 saturated carbocycles. The molecule has 0 radical (unpaired) electrons. The van der Waals surface area contributed by atoms with E-state index in [1.54, 1.807) is 0 Å². The van der Waals surface area contributed by atoms with Crippen LogP contribution < -0.4 is 0 Å². The van der Waals surface area contributed by atoms with Crippen LogP contribution in [-0.2, 0) is 30.5 Å². The zero-order chi connectivity index (χ0) is 19.6.